The molecule has 0 unspecified atom stereocenters. The molecule has 0 aliphatic carbocycles. The Labute approximate surface area is 171 Å². The van der Waals surface area contributed by atoms with Crippen LogP contribution in [0, 0.1) is 6.92 Å². The van der Waals surface area contributed by atoms with E-state index in [-0.39, 0.29) is 6.03 Å². The van der Waals surface area contributed by atoms with Crippen molar-refractivity contribution in [2.45, 2.75) is 19.9 Å². The number of pyridine rings is 1. The third-order valence-corrected chi connectivity index (χ3v) is 5.22. The van der Waals surface area contributed by atoms with Gasteiger partial charge in [-0.1, -0.05) is 29.5 Å². The van der Waals surface area contributed by atoms with E-state index in [9.17, 15) is 4.79 Å². The highest BCUT2D eigenvalue weighted by atomic mass is 32.1. The van der Waals surface area contributed by atoms with Gasteiger partial charge in [0.25, 0.3) is 0 Å². The second kappa shape index (κ2) is 8.27. The van der Waals surface area contributed by atoms with Gasteiger partial charge in [-0.25, -0.2) is 9.78 Å². The molecular formula is C20H20N6O2S. The van der Waals surface area contributed by atoms with Crippen molar-refractivity contribution in [1.82, 2.24) is 24.9 Å². The number of aryl methyl sites for hydroxylation is 1. The highest BCUT2D eigenvalue weighted by molar-refractivity contribution is 7.15. The van der Waals surface area contributed by atoms with Crippen LogP contribution in [0.25, 0.3) is 5.65 Å². The van der Waals surface area contributed by atoms with Crippen molar-refractivity contribution >= 4 is 28.1 Å². The molecule has 0 radical (unpaired) electrons. The van der Waals surface area contributed by atoms with Crippen molar-refractivity contribution in [1.29, 1.82) is 0 Å². The maximum absolute atomic E-state index is 12.2. The van der Waals surface area contributed by atoms with Crippen LogP contribution in [0.5, 0.6) is 5.75 Å². The number of ether oxygens (including phenoxy) is 1. The number of rotatable bonds is 6. The molecule has 8 nitrogen and oxygen atoms in total. The lowest BCUT2D eigenvalue weighted by atomic mass is 10.1. The molecule has 0 saturated carbocycles. The molecule has 0 aliphatic rings. The molecule has 2 amide bonds. The largest absolute Gasteiger partial charge is 0.497 e. The smallest absolute Gasteiger partial charge is 0.321 e. The minimum Gasteiger partial charge on any atom is -0.497 e. The number of nitrogens with zero attached hydrogens (tertiary/aromatic N) is 4. The number of benzene rings is 1. The highest BCUT2D eigenvalue weighted by Gasteiger charge is 2.10. The first-order chi connectivity index (χ1) is 14.1. The van der Waals surface area contributed by atoms with Gasteiger partial charge in [-0.3, -0.25) is 5.32 Å². The lowest BCUT2D eigenvalue weighted by Crippen LogP contribution is -2.28. The number of carbonyl (C=O) groups is 1. The van der Waals surface area contributed by atoms with E-state index in [4.69, 9.17) is 4.74 Å². The van der Waals surface area contributed by atoms with Crippen molar-refractivity contribution in [2.24, 2.45) is 0 Å². The number of urea groups is 1. The first-order valence-electron chi connectivity index (χ1n) is 9.04. The van der Waals surface area contributed by atoms with Crippen LogP contribution in [0.1, 0.15) is 22.0 Å². The van der Waals surface area contributed by atoms with Crippen LogP contribution in [0.4, 0.5) is 9.93 Å². The van der Waals surface area contributed by atoms with E-state index >= 15 is 0 Å². The zero-order chi connectivity index (χ0) is 20.2. The molecule has 0 saturated heterocycles. The Morgan fingerprint density at radius 3 is 2.76 bits per heavy atom. The van der Waals surface area contributed by atoms with E-state index in [1.54, 1.807) is 7.11 Å². The van der Waals surface area contributed by atoms with Crippen LogP contribution in [-0.2, 0) is 13.0 Å². The lowest BCUT2D eigenvalue weighted by molar-refractivity contribution is 0.251. The van der Waals surface area contributed by atoms with Crippen LogP contribution < -0.4 is 15.4 Å². The van der Waals surface area contributed by atoms with Gasteiger partial charge in [-0.05, 0) is 36.8 Å². The number of imidazole rings is 1. The van der Waals surface area contributed by atoms with E-state index in [0.717, 1.165) is 33.4 Å². The zero-order valence-corrected chi connectivity index (χ0v) is 16.9. The molecule has 0 atom stereocenters. The number of nitrogens with one attached hydrogen (secondary N) is 2. The summed E-state index contributed by atoms with van der Waals surface area (Å²) >= 11 is 1.35. The molecule has 4 aromatic rings. The molecule has 9 heteroatoms. The van der Waals surface area contributed by atoms with E-state index in [2.05, 4.69) is 25.8 Å². The van der Waals surface area contributed by atoms with E-state index in [1.807, 2.05) is 60.0 Å². The number of amides is 2. The Morgan fingerprint density at radius 1 is 1.17 bits per heavy atom. The Kier molecular flexibility index (Phi) is 5.39. The fourth-order valence-electron chi connectivity index (χ4n) is 2.89. The maximum Gasteiger partial charge on any atom is 0.321 e. The fourth-order valence-corrected chi connectivity index (χ4v) is 3.66. The molecule has 148 valence electrons. The SMILES string of the molecule is COc1ccc(Cc2nnc(NC(=O)NCc3cn4c(C)cccc4n3)s2)cc1. The summed E-state index contributed by atoms with van der Waals surface area (Å²) in [5, 5.41) is 15.0. The van der Waals surface area contributed by atoms with Gasteiger partial charge in [0.15, 0.2) is 0 Å². The van der Waals surface area contributed by atoms with Crippen LogP contribution in [0.2, 0.25) is 0 Å². The number of fused-ring (bicyclic) bond motifs is 1. The fraction of sp³-hybridized carbons (Fsp3) is 0.200. The minimum absolute atomic E-state index is 0.324. The Hall–Kier alpha value is -3.46. The summed E-state index contributed by atoms with van der Waals surface area (Å²) < 4.78 is 7.15. The average Bonchev–Trinajstić information content (AvgIpc) is 3.34. The minimum atomic E-state index is -0.342. The summed E-state index contributed by atoms with van der Waals surface area (Å²) in [4.78, 5) is 16.7. The van der Waals surface area contributed by atoms with Crippen molar-refractivity contribution in [3.8, 4) is 5.75 Å². The zero-order valence-electron chi connectivity index (χ0n) is 16.0. The quantitative estimate of drug-likeness (QED) is 0.510. The molecule has 0 aliphatic heterocycles. The van der Waals surface area contributed by atoms with Gasteiger partial charge in [0, 0.05) is 18.3 Å². The van der Waals surface area contributed by atoms with Gasteiger partial charge >= 0.3 is 6.03 Å². The van der Waals surface area contributed by atoms with Gasteiger partial charge in [0.2, 0.25) is 5.13 Å². The van der Waals surface area contributed by atoms with Crippen molar-refractivity contribution in [3.05, 3.63) is 70.6 Å². The first-order valence-corrected chi connectivity index (χ1v) is 9.86. The number of methoxy groups -OCH3 is 1. The summed E-state index contributed by atoms with van der Waals surface area (Å²) in [7, 11) is 1.64. The summed E-state index contributed by atoms with van der Waals surface area (Å²) in [5.41, 5.74) is 3.82. The number of anilines is 1. The summed E-state index contributed by atoms with van der Waals surface area (Å²) in [6.07, 6.45) is 2.56. The van der Waals surface area contributed by atoms with Gasteiger partial charge in [0.1, 0.15) is 16.4 Å². The Bertz CT molecular complexity index is 1140. The number of hydrogen-bond acceptors (Lipinski definition) is 6. The van der Waals surface area contributed by atoms with Crippen LogP contribution in [0.3, 0.4) is 0 Å². The van der Waals surface area contributed by atoms with Gasteiger partial charge in [0.05, 0.1) is 19.3 Å². The first kappa shape index (κ1) is 18.9. The molecular weight excluding hydrogens is 388 g/mol. The third kappa shape index (κ3) is 4.52. The molecule has 0 bridgehead atoms. The summed E-state index contributed by atoms with van der Waals surface area (Å²) in [6.45, 7) is 2.34. The van der Waals surface area contributed by atoms with Gasteiger partial charge < -0.3 is 14.5 Å². The van der Waals surface area contributed by atoms with Crippen LogP contribution >= 0.6 is 11.3 Å². The predicted octanol–water partition coefficient (Wildman–Crippen LogP) is 3.42. The second-order valence-corrected chi connectivity index (χ2v) is 7.52. The second-order valence-electron chi connectivity index (χ2n) is 6.46. The monoisotopic (exact) mass is 408 g/mol. The molecule has 0 fully saturated rings. The topological polar surface area (TPSA) is 93.4 Å². The van der Waals surface area contributed by atoms with Crippen molar-refractivity contribution in [2.75, 3.05) is 12.4 Å². The van der Waals surface area contributed by atoms with Gasteiger partial charge in [-0.15, -0.1) is 10.2 Å². The van der Waals surface area contributed by atoms with Crippen LogP contribution in [0.15, 0.2) is 48.7 Å². The summed E-state index contributed by atoms with van der Waals surface area (Å²) in [6, 6.07) is 13.3. The molecule has 4 rings (SSSR count). The predicted molar refractivity (Wildman–Crippen MR) is 111 cm³/mol. The normalized spacial score (nSPS) is 10.8. The molecule has 1 aromatic carbocycles. The Balaban J connectivity index is 1.31. The summed E-state index contributed by atoms with van der Waals surface area (Å²) in [5.74, 6) is 0.811. The molecule has 3 aromatic heterocycles. The molecule has 29 heavy (non-hydrogen) atoms. The van der Waals surface area contributed by atoms with E-state index in [0.29, 0.717) is 18.1 Å². The van der Waals surface area contributed by atoms with Crippen molar-refractivity contribution < 1.29 is 9.53 Å². The maximum atomic E-state index is 12.2. The average molecular weight is 408 g/mol. The number of aromatic nitrogens is 4. The number of carbonyl (C=O) groups excluding carboxylic acids is 1. The highest BCUT2D eigenvalue weighted by Crippen LogP contribution is 2.20. The molecule has 2 N–H and O–H groups in total. The van der Waals surface area contributed by atoms with Crippen LogP contribution in [-0.4, -0.2) is 32.7 Å². The third-order valence-electron chi connectivity index (χ3n) is 4.38. The number of hydrogen-bond donors (Lipinski definition) is 2. The molecule has 3 heterocycles. The van der Waals surface area contributed by atoms with E-state index < -0.39 is 0 Å². The van der Waals surface area contributed by atoms with E-state index in [1.165, 1.54) is 11.3 Å². The lowest BCUT2D eigenvalue weighted by Gasteiger charge is -2.02. The standard InChI is InChI=1S/C20H20N6O2S/c1-13-4-3-5-17-22-15(12-26(13)17)11-21-19(27)23-20-25-24-18(29-20)10-14-6-8-16(28-2)9-7-14/h3-9,12H,10-11H2,1-2H3,(H2,21,23,25,27). The van der Waals surface area contributed by atoms with Gasteiger partial charge in [-0.2, -0.15) is 0 Å². The van der Waals surface area contributed by atoms with Crippen molar-refractivity contribution in [3.63, 3.8) is 0 Å². The Morgan fingerprint density at radius 2 is 2.00 bits per heavy atom. The molecule has 0 spiro atoms.